The second-order valence-electron chi connectivity index (χ2n) is 3.60. The van der Waals surface area contributed by atoms with Gasteiger partial charge in [-0.15, -0.1) is 12.3 Å². The van der Waals surface area contributed by atoms with Gasteiger partial charge in [-0.25, -0.2) is 22.0 Å². The summed E-state index contributed by atoms with van der Waals surface area (Å²) in [4.78, 5) is 0. The van der Waals surface area contributed by atoms with Gasteiger partial charge in [0.25, 0.3) is 0 Å². The lowest BCUT2D eigenvalue weighted by Gasteiger charge is -2.17. The zero-order valence-corrected chi connectivity index (χ0v) is 9.46. The maximum absolute atomic E-state index is 13.3. The van der Waals surface area contributed by atoms with E-state index < -0.39 is 40.8 Å². The van der Waals surface area contributed by atoms with E-state index in [0.717, 1.165) is 0 Å². The van der Waals surface area contributed by atoms with Crippen molar-refractivity contribution in [2.24, 2.45) is 0 Å². The van der Waals surface area contributed by atoms with Crippen molar-refractivity contribution in [1.29, 1.82) is 0 Å². The molecule has 0 bridgehead atoms. The number of hydrogen-bond acceptors (Lipinski definition) is 1. The zero-order chi connectivity index (χ0) is 13.9. The van der Waals surface area contributed by atoms with E-state index in [9.17, 15) is 22.0 Å². The number of terminal acetylenes is 1. The van der Waals surface area contributed by atoms with Crippen LogP contribution in [0, 0.1) is 41.4 Å². The van der Waals surface area contributed by atoms with Gasteiger partial charge in [-0.1, -0.05) is 6.92 Å². The summed E-state index contributed by atoms with van der Waals surface area (Å²) in [6.45, 7) is 1.67. The minimum atomic E-state index is -2.18. The van der Waals surface area contributed by atoms with E-state index in [2.05, 4.69) is 11.2 Å². The molecular formula is C12H10F5N. The lowest BCUT2D eigenvalue weighted by atomic mass is 10.1. The van der Waals surface area contributed by atoms with Crippen LogP contribution in [0.3, 0.4) is 0 Å². The lowest BCUT2D eigenvalue weighted by molar-refractivity contribution is 0.380. The van der Waals surface area contributed by atoms with Crippen LogP contribution in [-0.4, -0.2) is 6.04 Å². The number of anilines is 1. The van der Waals surface area contributed by atoms with Crippen molar-refractivity contribution < 1.29 is 22.0 Å². The molecule has 0 heterocycles. The first kappa shape index (κ1) is 14.3. The first-order chi connectivity index (χ1) is 8.43. The third-order valence-electron chi connectivity index (χ3n) is 2.42. The molecule has 1 N–H and O–H groups in total. The number of nitrogens with one attached hydrogen (secondary N) is 1. The molecule has 1 aromatic rings. The maximum atomic E-state index is 13.3. The summed E-state index contributed by atoms with van der Waals surface area (Å²) in [7, 11) is 0. The molecule has 1 unspecified atom stereocenters. The third-order valence-corrected chi connectivity index (χ3v) is 2.42. The molecule has 0 radical (unpaired) electrons. The Bertz CT molecular complexity index is 463. The SMILES string of the molecule is C#CCC(CC)Nc1c(F)c(F)c(F)c(F)c1F. The Morgan fingerprint density at radius 2 is 1.44 bits per heavy atom. The van der Waals surface area contributed by atoms with Crippen molar-refractivity contribution in [2.75, 3.05) is 5.32 Å². The van der Waals surface area contributed by atoms with Gasteiger partial charge >= 0.3 is 0 Å². The fourth-order valence-electron chi connectivity index (χ4n) is 1.38. The van der Waals surface area contributed by atoms with Crippen LogP contribution in [0.15, 0.2) is 0 Å². The summed E-state index contributed by atoms with van der Waals surface area (Å²) in [5.41, 5.74) is -1.05. The standard InChI is InChI=1S/C12H10F5N/c1-3-5-6(4-2)18-12-10(16)8(14)7(13)9(15)11(12)17/h1,6,18H,4-5H2,2H3. The monoisotopic (exact) mass is 263 g/mol. The van der Waals surface area contributed by atoms with Crippen LogP contribution in [0.25, 0.3) is 0 Å². The lowest BCUT2D eigenvalue weighted by Crippen LogP contribution is -2.21. The van der Waals surface area contributed by atoms with Gasteiger partial charge in [0.15, 0.2) is 23.3 Å². The Balaban J connectivity index is 3.21. The summed E-state index contributed by atoms with van der Waals surface area (Å²) in [6.07, 6.45) is 5.52. The van der Waals surface area contributed by atoms with Crippen molar-refractivity contribution in [1.82, 2.24) is 0 Å². The first-order valence-electron chi connectivity index (χ1n) is 5.15. The molecule has 1 aromatic carbocycles. The molecular weight excluding hydrogens is 253 g/mol. The average molecular weight is 263 g/mol. The number of benzene rings is 1. The van der Waals surface area contributed by atoms with Crippen LogP contribution in [0.4, 0.5) is 27.6 Å². The van der Waals surface area contributed by atoms with Crippen LogP contribution < -0.4 is 5.32 Å². The number of halogens is 5. The summed E-state index contributed by atoms with van der Waals surface area (Å²) in [6, 6.07) is -0.566. The average Bonchev–Trinajstić information content (AvgIpc) is 2.37. The molecule has 6 heteroatoms. The number of hydrogen-bond donors (Lipinski definition) is 1. The van der Waals surface area contributed by atoms with Crippen LogP contribution in [-0.2, 0) is 0 Å². The molecule has 0 spiro atoms. The summed E-state index contributed by atoms with van der Waals surface area (Å²) in [5.74, 6) is -7.66. The largest absolute Gasteiger partial charge is 0.376 e. The second kappa shape index (κ2) is 5.71. The molecule has 0 aliphatic rings. The van der Waals surface area contributed by atoms with E-state index in [-0.39, 0.29) is 6.42 Å². The van der Waals surface area contributed by atoms with Gasteiger partial charge in [0.1, 0.15) is 5.69 Å². The van der Waals surface area contributed by atoms with Gasteiger partial charge in [0.05, 0.1) is 0 Å². The highest BCUT2D eigenvalue weighted by atomic mass is 19.2. The normalized spacial score (nSPS) is 12.1. The van der Waals surface area contributed by atoms with Gasteiger partial charge in [-0.05, 0) is 6.42 Å². The molecule has 0 aliphatic carbocycles. The molecule has 0 amide bonds. The minimum absolute atomic E-state index is 0.107. The Labute approximate surface area is 101 Å². The second-order valence-corrected chi connectivity index (χ2v) is 3.60. The van der Waals surface area contributed by atoms with Crippen molar-refractivity contribution in [3.8, 4) is 12.3 Å². The van der Waals surface area contributed by atoms with Crippen molar-refractivity contribution in [3.63, 3.8) is 0 Å². The molecule has 1 rings (SSSR count). The van der Waals surface area contributed by atoms with Crippen LogP contribution >= 0.6 is 0 Å². The predicted octanol–water partition coefficient (Wildman–Crippen LogP) is 3.60. The van der Waals surface area contributed by atoms with Gasteiger partial charge in [0, 0.05) is 12.5 Å². The molecule has 0 aromatic heterocycles. The minimum Gasteiger partial charge on any atom is -0.376 e. The Hall–Kier alpha value is -1.77. The molecule has 0 fully saturated rings. The van der Waals surface area contributed by atoms with Crippen LogP contribution in [0.5, 0.6) is 0 Å². The van der Waals surface area contributed by atoms with Crippen molar-refractivity contribution in [3.05, 3.63) is 29.1 Å². The van der Waals surface area contributed by atoms with E-state index in [1.807, 2.05) is 0 Å². The fraction of sp³-hybridized carbons (Fsp3) is 0.333. The smallest absolute Gasteiger partial charge is 0.200 e. The van der Waals surface area contributed by atoms with Crippen LogP contribution in [0.1, 0.15) is 19.8 Å². The topological polar surface area (TPSA) is 12.0 Å². The van der Waals surface area contributed by atoms with E-state index in [0.29, 0.717) is 6.42 Å². The first-order valence-corrected chi connectivity index (χ1v) is 5.15. The van der Waals surface area contributed by atoms with Gasteiger partial charge in [-0.3, -0.25) is 0 Å². The van der Waals surface area contributed by atoms with E-state index in [4.69, 9.17) is 6.42 Å². The fourth-order valence-corrected chi connectivity index (χ4v) is 1.38. The summed E-state index contributed by atoms with van der Waals surface area (Å²) in [5, 5.41) is 2.24. The Kier molecular flexibility index (Phi) is 4.54. The predicted molar refractivity (Wildman–Crippen MR) is 57.4 cm³/mol. The quantitative estimate of drug-likeness (QED) is 0.379. The maximum Gasteiger partial charge on any atom is 0.200 e. The number of rotatable bonds is 4. The zero-order valence-electron chi connectivity index (χ0n) is 9.46. The van der Waals surface area contributed by atoms with Gasteiger partial charge in [-0.2, -0.15) is 0 Å². The molecule has 98 valence electrons. The van der Waals surface area contributed by atoms with E-state index >= 15 is 0 Å². The molecule has 0 saturated carbocycles. The highest BCUT2D eigenvalue weighted by Gasteiger charge is 2.26. The molecule has 0 aliphatic heterocycles. The van der Waals surface area contributed by atoms with Gasteiger partial charge < -0.3 is 5.32 Å². The van der Waals surface area contributed by atoms with Crippen LogP contribution in [0.2, 0.25) is 0 Å². The molecule has 1 atom stereocenters. The Morgan fingerprint density at radius 3 is 1.83 bits per heavy atom. The van der Waals surface area contributed by atoms with Crippen molar-refractivity contribution >= 4 is 5.69 Å². The molecule has 1 nitrogen and oxygen atoms in total. The Morgan fingerprint density at radius 1 is 1.00 bits per heavy atom. The molecule has 0 saturated heterocycles. The van der Waals surface area contributed by atoms with E-state index in [1.165, 1.54) is 0 Å². The molecule has 18 heavy (non-hydrogen) atoms. The van der Waals surface area contributed by atoms with Crippen molar-refractivity contribution in [2.45, 2.75) is 25.8 Å². The highest BCUT2D eigenvalue weighted by molar-refractivity contribution is 5.48. The summed E-state index contributed by atoms with van der Waals surface area (Å²) >= 11 is 0. The summed E-state index contributed by atoms with van der Waals surface area (Å²) < 4.78 is 65.2. The van der Waals surface area contributed by atoms with Gasteiger partial charge in [0.2, 0.25) is 5.82 Å². The third kappa shape index (κ3) is 2.55. The highest BCUT2D eigenvalue weighted by Crippen LogP contribution is 2.28. The van der Waals surface area contributed by atoms with E-state index in [1.54, 1.807) is 6.92 Å².